The number of nitrogen functional groups attached to an aromatic ring is 1. The van der Waals surface area contributed by atoms with Crippen LogP contribution in [0.4, 0.5) is 5.82 Å². The van der Waals surface area contributed by atoms with Gasteiger partial charge in [-0.25, -0.2) is 4.98 Å². The van der Waals surface area contributed by atoms with Crippen LogP contribution < -0.4 is 19.9 Å². The predicted octanol–water partition coefficient (Wildman–Crippen LogP) is 5.45. The summed E-state index contributed by atoms with van der Waals surface area (Å²) in [5.41, 5.74) is 10.5. The largest absolute Gasteiger partial charge is 0.493 e. The lowest BCUT2D eigenvalue weighted by atomic mass is 9.88. The average molecular weight is 424 g/mol. The standard InChI is InChI=1S/C25H33N3O3/c1-29-21-14-17(15-22(30-2)24(21)31-3)23-18-12-10-8-6-4-5-7-9-11-13-20(18)28-25(27)19(23)16-26/h14-15H,4-13H2,1-3H3,(H2,27,28). The first kappa shape index (κ1) is 22.7. The quantitative estimate of drug-likeness (QED) is 0.703. The van der Waals surface area contributed by atoms with Gasteiger partial charge in [0.15, 0.2) is 11.5 Å². The van der Waals surface area contributed by atoms with Crippen molar-refractivity contribution in [1.29, 1.82) is 5.26 Å². The Morgan fingerprint density at radius 3 is 1.90 bits per heavy atom. The van der Waals surface area contributed by atoms with Crippen LogP contribution in [-0.4, -0.2) is 26.3 Å². The number of anilines is 1. The fourth-order valence-electron chi connectivity index (χ4n) is 4.48. The maximum absolute atomic E-state index is 9.97. The highest BCUT2D eigenvalue weighted by molar-refractivity contribution is 5.82. The van der Waals surface area contributed by atoms with Crippen LogP contribution in [0.1, 0.15) is 68.2 Å². The van der Waals surface area contributed by atoms with Crippen LogP contribution in [0.5, 0.6) is 17.2 Å². The highest BCUT2D eigenvalue weighted by atomic mass is 16.5. The molecule has 6 nitrogen and oxygen atoms in total. The van der Waals surface area contributed by atoms with Crippen molar-refractivity contribution in [3.05, 3.63) is 29.0 Å². The second-order valence-electron chi connectivity index (χ2n) is 8.03. The fraction of sp³-hybridized carbons (Fsp3) is 0.520. The second-order valence-corrected chi connectivity index (χ2v) is 8.03. The summed E-state index contributed by atoms with van der Waals surface area (Å²) in [6, 6.07) is 6.09. The molecule has 0 radical (unpaired) electrons. The third-order valence-corrected chi connectivity index (χ3v) is 6.07. The number of rotatable bonds is 4. The number of aromatic nitrogens is 1. The molecule has 1 aliphatic carbocycles. The summed E-state index contributed by atoms with van der Waals surface area (Å²) in [4.78, 5) is 4.69. The van der Waals surface area contributed by atoms with E-state index in [2.05, 4.69) is 11.1 Å². The molecule has 0 aliphatic heterocycles. The number of benzene rings is 1. The first-order valence-electron chi connectivity index (χ1n) is 11.2. The number of ether oxygens (including phenoxy) is 3. The smallest absolute Gasteiger partial charge is 0.203 e. The van der Waals surface area contributed by atoms with Crippen molar-refractivity contribution < 1.29 is 14.2 Å². The molecule has 0 saturated heterocycles. The van der Waals surface area contributed by atoms with Crippen molar-refractivity contribution >= 4 is 5.82 Å². The van der Waals surface area contributed by atoms with E-state index in [0.29, 0.717) is 22.8 Å². The van der Waals surface area contributed by atoms with Crippen molar-refractivity contribution in [2.24, 2.45) is 0 Å². The van der Waals surface area contributed by atoms with Crippen LogP contribution in [0, 0.1) is 11.3 Å². The summed E-state index contributed by atoms with van der Waals surface area (Å²) in [7, 11) is 4.77. The molecule has 0 spiro atoms. The minimum atomic E-state index is 0.289. The van der Waals surface area contributed by atoms with E-state index in [-0.39, 0.29) is 5.82 Å². The Morgan fingerprint density at radius 2 is 1.39 bits per heavy atom. The summed E-state index contributed by atoms with van der Waals surface area (Å²) in [6.45, 7) is 0. The molecule has 0 fully saturated rings. The Bertz CT molecular complexity index is 925. The lowest BCUT2D eigenvalue weighted by molar-refractivity contribution is 0.324. The van der Waals surface area contributed by atoms with Gasteiger partial charge in [0, 0.05) is 11.3 Å². The molecule has 0 amide bonds. The van der Waals surface area contributed by atoms with Crippen molar-refractivity contribution in [2.45, 2.75) is 64.2 Å². The molecular weight excluding hydrogens is 390 g/mol. The highest BCUT2D eigenvalue weighted by Crippen LogP contribution is 2.44. The third kappa shape index (κ3) is 5.04. The van der Waals surface area contributed by atoms with Gasteiger partial charge in [0.1, 0.15) is 17.5 Å². The fourth-order valence-corrected chi connectivity index (χ4v) is 4.48. The van der Waals surface area contributed by atoms with Crippen LogP contribution in [0.2, 0.25) is 0 Å². The lowest BCUT2D eigenvalue weighted by Gasteiger charge is -2.20. The summed E-state index contributed by atoms with van der Waals surface area (Å²) >= 11 is 0. The van der Waals surface area contributed by atoms with Crippen LogP contribution in [0.15, 0.2) is 12.1 Å². The Hall–Kier alpha value is -2.94. The normalized spacial score (nSPS) is 15.0. The molecular formula is C25H33N3O3. The van der Waals surface area contributed by atoms with E-state index in [4.69, 9.17) is 19.9 Å². The monoisotopic (exact) mass is 423 g/mol. The number of methoxy groups -OCH3 is 3. The third-order valence-electron chi connectivity index (χ3n) is 6.07. The van der Waals surface area contributed by atoms with Crippen molar-refractivity contribution in [3.63, 3.8) is 0 Å². The summed E-state index contributed by atoms with van der Waals surface area (Å²) in [5, 5.41) is 9.97. The molecule has 1 heterocycles. The van der Waals surface area contributed by atoms with Crippen LogP contribution >= 0.6 is 0 Å². The molecule has 1 aromatic heterocycles. The summed E-state index contributed by atoms with van der Waals surface area (Å²) < 4.78 is 16.6. The second kappa shape index (κ2) is 10.9. The van der Waals surface area contributed by atoms with E-state index in [1.165, 1.54) is 38.5 Å². The first-order chi connectivity index (χ1) is 15.1. The molecule has 3 rings (SSSR count). The van der Waals surface area contributed by atoms with Gasteiger partial charge in [-0.05, 0) is 48.9 Å². The molecule has 2 N–H and O–H groups in total. The van der Waals surface area contributed by atoms with Gasteiger partial charge in [-0.3, -0.25) is 0 Å². The molecule has 166 valence electrons. The number of nitrogens with zero attached hydrogens (tertiary/aromatic N) is 2. The van der Waals surface area contributed by atoms with Gasteiger partial charge in [-0.2, -0.15) is 5.26 Å². The minimum Gasteiger partial charge on any atom is -0.493 e. The van der Waals surface area contributed by atoms with Crippen molar-refractivity contribution in [1.82, 2.24) is 4.98 Å². The molecule has 2 aromatic rings. The minimum absolute atomic E-state index is 0.289. The molecule has 0 unspecified atom stereocenters. The first-order valence-corrected chi connectivity index (χ1v) is 11.2. The van der Waals surface area contributed by atoms with E-state index < -0.39 is 0 Å². The zero-order valence-corrected chi connectivity index (χ0v) is 18.9. The van der Waals surface area contributed by atoms with Gasteiger partial charge in [-0.15, -0.1) is 0 Å². The van der Waals surface area contributed by atoms with Crippen LogP contribution in [-0.2, 0) is 12.8 Å². The SMILES string of the molecule is COc1cc(-c2c(C#N)c(N)nc3c2CCCCCCCCCC3)cc(OC)c1OC. The van der Waals surface area contributed by atoms with E-state index in [1.807, 2.05) is 12.1 Å². The molecule has 31 heavy (non-hydrogen) atoms. The molecule has 1 aromatic carbocycles. The Balaban J connectivity index is 2.22. The number of aryl methyl sites for hydroxylation is 1. The van der Waals surface area contributed by atoms with Crippen LogP contribution in [0.25, 0.3) is 11.1 Å². The van der Waals surface area contributed by atoms with Gasteiger partial charge in [0.05, 0.1) is 21.3 Å². The van der Waals surface area contributed by atoms with E-state index in [9.17, 15) is 5.26 Å². The predicted molar refractivity (Wildman–Crippen MR) is 123 cm³/mol. The van der Waals surface area contributed by atoms with Crippen LogP contribution in [0.3, 0.4) is 0 Å². The topological polar surface area (TPSA) is 90.4 Å². The van der Waals surface area contributed by atoms with Crippen molar-refractivity contribution in [3.8, 4) is 34.4 Å². The number of nitrogens with two attached hydrogens (primary N) is 1. The Kier molecular flexibility index (Phi) is 8.00. The van der Waals surface area contributed by atoms with E-state index >= 15 is 0 Å². The van der Waals surface area contributed by atoms with Gasteiger partial charge in [0.2, 0.25) is 5.75 Å². The van der Waals surface area contributed by atoms with Gasteiger partial charge in [-0.1, -0.05) is 38.5 Å². The zero-order valence-electron chi connectivity index (χ0n) is 18.9. The van der Waals surface area contributed by atoms with E-state index in [0.717, 1.165) is 48.1 Å². The van der Waals surface area contributed by atoms with Gasteiger partial charge in [0.25, 0.3) is 0 Å². The van der Waals surface area contributed by atoms with Gasteiger partial charge < -0.3 is 19.9 Å². The van der Waals surface area contributed by atoms with Gasteiger partial charge >= 0.3 is 0 Å². The molecule has 6 heteroatoms. The number of nitriles is 1. The summed E-state index contributed by atoms with van der Waals surface area (Å²) in [6.07, 6.45) is 11.4. The maximum Gasteiger partial charge on any atom is 0.203 e. The molecule has 0 saturated carbocycles. The Labute approximate surface area is 185 Å². The average Bonchev–Trinajstić information content (AvgIpc) is 2.78. The highest BCUT2D eigenvalue weighted by Gasteiger charge is 2.23. The lowest BCUT2D eigenvalue weighted by Crippen LogP contribution is -2.09. The number of hydrogen-bond acceptors (Lipinski definition) is 6. The number of hydrogen-bond donors (Lipinski definition) is 1. The zero-order chi connectivity index (χ0) is 22.2. The molecule has 1 aliphatic rings. The van der Waals surface area contributed by atoms with E-state index in [1.54, 1.807) is 21.3 Å². The van der Waals surface area contributed by atoms with Crippen molar-refractivity contribution in [2.75, 3.05) is 27.1 Å². The number of pyridine rings is 1. The molecule has 0 atom stereocenters. The Morgan fingerprint density at radius 1 is 0.839 bits per heavy atom. The number of fused-ring (bicyclic) bond motifs is 1. The molecule has 0 bridgehead atoms. The maximum atomic E-state index is 9.97. The summed E-state index contributed by atoms with van der Waals surface area (Å²) in [5.74, 6) is 1.92.